The van der Waals surface area contributed by atoms with Crippen molar-refractivity contribution in [1.29, 1.82) is 0 Å². The summed E-state index contributed by atoms with van der Waals surface area (Å²) in [5.74, 6) is 1.05. The molecule has 0 atom stereocenters. The second-order valence-electron chi connectivity index (χ2n) is 4.28. The van der Waals surface area contributed by atoms with E-state index < -0.39 is 0 Å². The zero-order valence-electron chi connectivity index (χ0n) is 8.35. The van der Waals surface area contributed by atoms with Gasteiger partial charge >= 0.3 is 0 Å². The van der Waals surface area contributed by atoms with Crippen LogP contribution in [0.4, 0.5) is 0 Å². The summed E-state index contributed by atoms with van der Waals surface area (Å²) in [6.07, 6.45) is 2.99. The summed E-state index contributed by atoms with van der Waals surface area (Å²) in [6, 6.07) is 0. The van der Waals surface area contributed by atoms with E-state index in [1.54, 1.807) is 0 Å². The Kier molecular flexibility index (Phi) is 2.58. The molecule has 0 aromatic carbocycles. The van der Waals surface area contributed by atoms with Gasteiger partial charge in [0, 0.05) is 13.1 Å². The van der Waals surface area contributed by atoms with Crippen molar-refractivity contribution in [1.82, 2.24) is 4.90 Å². The highest BCUT2D eigenvalue weighted by Crippen LogP contribution is 2.49. The summed E-state index contributed by atoms with van der Waals surface area (Å²) in [6.45, 7) is 9.11. The summed E-state index contributed by atoms with van der Waals surface area (Å²) >= 11 is 0. The molecule has 11 heavy (non-hydrogen) atoms. The van der Waals surface area contributed by atoms with Crippen LogP contribution in [0.5, 0.6) is 0 Å². The first kappa shape index (κ1) is 9.05. The van der Waals surface area contributed by atoms with Crippen molar-refractivity contribution in [2.45, 2.75) is 33.6 Å². The standard InChI is InChI=1S/C8H15N.C2H6/c1-8-3-7(4-8)5-9(2)6-8;1-2/h7H,3-6H2,1-2H3;1-2H3. The lowest BCUT2D eigenvalue weighted by atomic mass is 9.60. The van der Waals surface area contributed by atoms with Gasteiger partial charge in [0.1, 0.15) is 0 Å². The maximum Gasteiger partial charge on any atom is 0.00326 e. The third-order valence-corrected chi connectivity index (χ3v) is 2.78. The zero-order chi connectivity index (χ0) is 8.48. The molecule has 0 spiro atoms. The van der Waals surface area contributed by atoms with Gasteiger partial charge in [0.05, 0.1) is 0 Å². The molecule has 3 aliphatic rings. The minimum absolute atomic E-state index is 0.720. The van der Waals surface area contributed by atoms with Crippen LogP contribution < -0.4 is 0 Å². The van der Waals surface area contributed by atoms with E-state index in [0.717, 1.165) is 11.3 Å². The molecule has 3 fully saturated rings. The van der Waals surface area contributed by atoms with Crippen LogP contribution in [-0.4, -0.2) is 25.0 Å². The van der Waals surface area contributed by atoms with Crippen molar-refractivity contribution < 1.29 is 0 Å². The van der Waals surface area contributed by atoms with Crippen molar-refractivity contribution in [3.63, 3.8) is 0 Å². The van der Waals surface area contributed by atoms with Crippen LogP contribution in [0.3, 0.4) is 0 Å². The molecule has 0 aromatic heterocycles. The minimum atomic E-state index is 0.720. The fourth-order valence-corrected chi connectivity index (χ4v) is 2.75. The predicted octanol–water partition coefficient (Wildman–Crippen LogP) is 2.37. The molecule has 0 N–H and O–H groups in total. The van der Waals surface area contributed by atoms with Gasteiger partial charge in [-0.05, 0) is 31.2 Å². The van der Waals surface area contributed by atoms with Crippen molar-refractivity contribution >= 4 is 0 Å². The number of piperidine rings is 2. The maximum atomic E-state index is 2.47. The zero-order valence-corrected chi connectivity index (χ0v) is 8.35. The van der Waals surface area contributed by atoms with Crippen LogP contribution in [-0.2, 0) is 0 Å². The van der Waals surface area contributed by atoms with E-state index >= 15 is 0 Å². The molecule has 1 aliphatic carbocycles. The van der Waals surface area contributed by atoms with Gasteiger partial charge < -0.3 is 4.90 Å². The number of hydrogen-bond acceptors (Lipinski definition) is 1. The molecule has 66 valence electrons. The Hall–Kier alpha value is -0.0400. The molecule has 0 radical (unpaired) electrons. The lowest BCUT2D eigenvalue weighted by molar-refractivity contribution is -0.0359. The van der Waals surface area contributed by atoms with E-state index in [2.05, 4.69) is 18.9 Å². The van der Waals surface area contributed by atoms with Crippen molar-refractivity contribution in [3.05, 3.63) is 0 Å². The summed E-state index contributed by atoms with van der Waals surface area (Å²) in [5.41, 5.74) is 0.720. The first-order valence-corrected chi connectivity index (χ1v) is 4.87. The fraction of sp³-hybridized carbons (Fsp3) is 1.00. The molecule has 2 bridgehead atoms. The molecule has 2 aliphatic heterocycles. The average molecular weight is 155 g/mol. The SMILES string of the molecule is CC.CN1CC2CC(C)(C2)C1. The summed E-state index contributed by atoms with van der Waals surface area (Å²) in [5, 5.41) is 0. The van der Waals surface area contributed by atoms with Crippen LogP contribution in [0, 0.1) is 11.3 Å². The van der Waals surface area contributed by atoms with Crippen LogP contribution in [0.2, 0.25) is 0 Å². The Morgan fingerprint density at radius 2 is 1.82 bits per heavy atom. The summed E-state index contributed by atoms with van der Waals surface area (Å²) in [7, 11) is 2.24. The van der Waals surface area contributed by atoms with E-state index in [4.69, 9.17) is 0 Å². The second kappa shape index (κ2) is 3.14. The van der Waals surface area contributed by atoms with E-state index in [-0.39, 0.29) is 0 Å². The van der Waals surface area contributed by atoms with Crippen molar-refractivity contribution in [2.75, 3.05) is 20.1 Å². The van der Waals surface area contributed by atoms with Gasteiger partial charge in [-0.1, -0.05) is 20.8 Å². The van der Waals surface area contributed by atoms with Gasteiger partial charge in [-0.15, -0.1) is 0 Å². The molecule has 2 saturated heterocycles. The molecule has 1 heteroatoms. The monoisotopic (exact) mass is 155 g/mol. The van der Waals surface area contributed by atoms with Gasteiger partial charge in [0.2, 0.25) is 0 Å². The second-order valence-corrected chi connectivity index (χ2v) is 4.28. The summed E-state index contributed by atoms with van der Waals surface area (Å²) < 4.78 is 0. The quantitative estimate of drug-likeness (QED) is 0.519. The molecule has 1 saturated carbocycles. The van der Waals surface area contributed by atoms with E-state index in [1.807, 2.05) is 13.8 Å². The molecular formula is C10H21N. The number of hydrogen-bond donors (Lipinski definition) is 0. The molecule has 0 unspecified atom stereocenters. The molecule has 0 aromatic rings. The molecular weight excluding hydrogens is 134 g/mol. The Balaban J connectivity index is 0.000000281. The highest BCUT2D eigenvalue weighted by atomic mass is 15.1. The molecule has 1 nitrogen and oxygen atoms in total. The topological polar surface area (TPSA) is 3.24 Å². The highest BCUT2D eigenvalue weighted by Gasteiger charge is 2.45. The van der Waals surface area contributed by atoms with Gasteiger partial charge in [0.25, 0.3) is 0 Å². The normalized spacial score (nSPS) is 42.0. The van der Waals surface area contributed by atoms with Crippen molar-refractivity contribution in [3.8, 4) is 0 Å². The van der Waals surface area contributed by atoms with E-state index in [1.165, 1.54) is 25.9 Å². The minimum Gasteiger partial charge on any atom is -0.306 e. The average Bonchev–Trinajstić information content (AvgIpc) is 1.87. The smallest absolute Gasteiger partial charge is 0.00326 e. The molecule has 2 heterocycles. The number of fused-ring (bicyclic) bond motifs is 2. The highest BCUT2D eigenvalue weighted by molar-refractivity contribution is 4.97. The molecule has 0 amide bonds. The number of nitrogens with zero attached hydrogens (tertiary/aromatic N) is 1. The lowest BCUT2D eigenvalue weighted by Gasteiger charge is -2.54. The van der Waals surface area contributed by atoms with Crippen molar-refractivity contribution in [2.24, 2.45) is 11.3 Å². The Morgan fingerprint density at radius 1 is 1.27 bits per heavy atom. The van der Waals surface area contributed by atoms with Crippen LogP contribution in [0.1, 0.15) is 33.6 Å². The third-order valence-electron chi connectivity index (χ3n) is 2.78. The Labute approximate surface area is 70.8 Å². The van der Waals surface area contributed by atoms with Crippen LogP contribution >= 0.6 is 0 Å². The van der Waals surface area contributed by atoms with E-state index in [9.17, 15) is 0 Å². The molecule has 3 rings (SSSR count). The van der Waals surface area contributed by atoms with Gasteiger partial charge in [-0.3, -0.25) is 0 Å². The Bertz CT molecular complexity index is 122. The van der Waals surface area contributed by atoms with Gasteiger partial charge in [-0.2, -0.15) is 0 Å². The maximum absolute atomic E-state index is 2.47. The fourth-order valence-electron chi connectivity index (χ4n) is 2.75. The summed E-state index contributed by atoms with van der Waals surface area (Å²) in [4.78, 5) is 2.47. The van der Waals surface area contributed by atoms with Crippen LogP contribution in [0.25, 0.3) is 0 Å². The largest absolute Gasteiger partial charge is 0.306 e. The van der Waals surface area contributed by atoms with Gasteiger partial charge in [-0.25, -0.2) is 0 Å². The Morgan fingerprint density at radius 3 is 2.09 bits per heavy atom. The predicted molar refractivity (Wildman–Crippen MR) is 49.7 cm³/mol. The lowest BCUT2D eigenvalue weighted by Crippen LogP contribution is -2.53. The third kappa shape index (κ3) is 1.76. The number of rotatable bonds is 0. The van der Waals surface area contributed by atoms with Crippen LogP contribution in [0.15, 0.2) is 0 Å². The van der Waals surface area contributed by atoms with E-state index in [0.29, 0.717) is 0 Å². The van der Waals surface area contributed by atoms with Gasteiger partial charge in [0.15, 0.2) is 0 Å². The first-order valence-electron chi connectivity index (χ1n) is 4.87. The first-order chi connectivity index (χ1) is 5.18.